The highest BCUT2D eigenvalue weighted by atomic mass is 16.5. The van der Waals surface area contributed by atoms with Gasteiger partial charge in [-0.1, -0.05) is 60.7 Å². The molecule has 4 aromatic carbocycles. The van der Waals surface area contributed by atoms with Gasteiger partial charge in [-0.15, -0.1) is 0 Å². The predicted molar refractivity (Wildman–Crippen MR) is 147 cm³/mol. The molecular weight excluding hydrogens is 488 g/mol. The predicted octanol–water partition coefficient (Wildman–Crippen LogP) is 7.78. The van der Waals surface area contributed by atoms with Crippen molar-refractivity contribution in [3.8, 4) is 57.4 Å². The molecule has 7 heteroatoms. The standard InChI is InChI=1S/C32H21N4O3/c1-3-7-23(8-4-1)24-11-13-28(14-12-24)39-32-33-20-19-30(36-32)25-21-34-31(35-22-25)38-29-17-15-27(16-18-29)37-26-9-5-2-6-10-26/h1-21H. The van der Waals surface area contributed by atoms with E-state index in [4.69, 9.17) is 14.2 Å². The first-order chi connectivity index (χ1) is 19.3. The molecule has 0 fully saturated rings. The van der Waals surface area contributed by atoms with Crippen LogP contribution in [0.25, 0.3) is 22.4 Å². The minimum Gasteiger partial charge on any atom is -0.457 e. The molecule has 0 N–H and O–H groups in total. The topological polar surface area (TPSA) is 79.2 Å². The molecule has 1 radical (unpaired) electrons. The molecule has 0 spiro atoms. The first-order valence-corrected chi connectivity index (χ1v) is 12.2. The Morgan fingerprint density at radius 2 is 1.05 bits per heavy atom. The largest absolute Gasteiger partial charge is 0.457 e. The lowest BCUT2D eigenvalue weighted by Gasteiger charge is -2.08. The Labute approximate surface area is 225 Å². The molecule has 0 aliphatic rings. The van der Waals surface area contributed by atoms with Gasteiger partial charge in [0.2, 0.25) is 0 Å². The molecule has 0 aliphatic carbocycles. The summed E-state index contributed by atoms with van der Waals surface area (Å²) in [4.78, 5) is 17.2. The van der Waals surface area contributed by atoms with Crippen molar-refractivity contribution in [3.63, 3.8) is 0 Å². The molecule has 39 heavy (non-hydrogen) atoms. The van der Waals surface area contributed by atoms with E-state index in [0.29, 0.717) is 28.5 Å². The molecule has 0 unspecified atom stereocenters. The summed E-state index contributed by atoms with van der Waals surface area (Å²) < 4.78 is 17.4. The number of nitrogens with zero attached hydrogens (tertiary/aromatic N) is 4. The summed E-state index contributed by atoms with van der Waals surface area (Å²) in [6.45, 7) is 0. The van der Waals surface area contributed by atoms with Gasteiger partial charge in [-0.25, -0.2) is 9.97 Å². The number of hydrogen-bond donors (Lipinski definition) is 0. The fraction of sp³-hybridized carbons (Fsp3) is 0. The zero-order chi connectivity index (χ0) is 26.3. The van der Waals surface area contributed by atoms with Crippen LogP contribution in [0.1, 0.15) is 0 Å². The Balaban J connectivity index is 1.09. The van der Waals surface area contributed by atoms with Crippen molar-refractivity contribution < 1.29 is 14.2 Å². The summed E-state index contributed by atoms with van der Waals surface area (Å²) in [7, 11) is 0. The maximum Gasteiger partial charge on any atom is 0.322 e. The van der Waals surface area contributed by atoms with Crippen LogP contribution in [0.5, 0.6) is 35.0 Å². The fourth-order valence-corrected chi connectivity index (χ4v) is 3.76. The van der Waals surface area contributed by atoms with Gasteiger partial charge in [-0.2, -0.15) is 9.97 Å². The quantitative estimate of drug-likeness (QED) is 0.207. The number of hydrogen-bond acceptors (Lipinski definition) is 7. The average molecular weight is 510 g/mol. The van der Waals surface area contributed by atoms with E-state index in [2.05, 4.69) is 38.3 Å². The Morgan fingerprint density at radius 1 is 0.487 bits per heavy atom. The van der Waals surface area contributed by atoms with Crippen molar-refractivity contribution >= 4 is 0 Å². The fourth-order valence-electron chi connectivity index (χ4n) is 3.76. The van der Waals surface area contributed by atoms with Gasteiger partial charge in [0, 0.05) is 18.0 Å². The zero-order valence-corrected chi connectivity index (χ0v) is 20.6. The first-order valence-electron chi connectivity index (χ1n) is 12.2. The minimum atomic E-state index is 0.166. The Bertz CT molecular complexity index is 1640. The van der Waals surface area contributed by atoms with Crippen LogP contribution in [-0.2, 0) is 0 Å². The van der Waals surface area contributed by atoms with Crippen molar-refractivity contribution in [1.82, 2.24) is 19.9 Å². The molecule has 0 bridgehead atoms. The summed E-state index contributed by atoms with van der Waals surface area (Å²) in [5.41, 5.74) is 3.40. The monoisotopic (exact) mass is 509 g/mol. The number of para-hydroxylation sites is 1. The van der Waals surface area contributed by atoms with E-state index in [1.165, 1.54) is 0 Å². The zero-order valence-electron chi connectivity index (χ0n) is 20.6. The number of benzene rings is 4. The second-order valence-electron chi connectivity index (χ2n) is 8.38. The van der Waals surface area contributed by atoms with Crippen LogP contribution in [0.4, 0.5) is 0 Å². The van der Waals surface area contributed by atoms with E-state index >= 15 is 0 Å². The molecule has 2 heterocycles. The van der Waals surface area contributed by atoms with Gasteiger partial charge in [0.05, 0.1) is 5.69 Å². The Morgan fingerprint density at radius 3 is 1.72 bits per heavy atom. The lowest BCUT2D eigenvalue weighted by Crippen LogP contribution is -1.96. The van der Waals surface area contributed by atoms with Crippen LogP contribution in [0.2, 0.25) is 0 Å². The molecule has 0 aliphatic heterocycles. The number of ether oxygens (including phenoxy) is 3. The van der Waals surface area contributed by atoms with E-state index in [1.54, 1.807) is 30.6 Å². The maximum atomic E-state index is 5.87. The SMILES string of the molecule is [c]1nc(Oc2ccc(Oc3ccccc3)cc2)ncc1-c1ccnc(Oc2ccc(-c3ccccc3)cc2)n1. The van der Waals surface area contributed by atoms with Gasteiger partial charge in [0.1, 0.15) is 29.2 Å². The molecule has 6 aromatic rings. The normalized spacial score (nSPS) is 10.6. The van der Waals surface area contributed by atoms with E-state index in [1.807, 2.05) is 84.9 Å². The van der Waals surface area contributed by atoms with E-state index < -0.39 is 0 Å². The third-order valence-electron chi connectivity index (χ3n) is 5.67. The first kappa shape index (κ1) is 23.8. The molecule has 0 saturated carbocycles. The number of aromatic nitrogens is 4. The van der Waals surface area contributed by atoms with Crippen LogP contribution in [0.3, 0.4) is 0 Å². The summed E-state index contributed by atoms with van der Waals surface area (Å²) >= 11 is 0. The molecule has 7 nitrogen and oxygen atoms in total. The lowest BCUT2D eigenvalue weighted by atomic mass is 10.1. The van der Waals surface area contributed by atoms with Gasteiger partial charge >= 0.3 is 12.0 Å². The van der Waals surface area contributed by atoms with E-state index in [-0.39, 0.29) is 12.0 Å². The highest BCUT2D eigenvalue weighted by molar-refractivity contribution is 5.64. The lowest BCUT2D eigenvalue weighted by molar-refractivity contribution is 0.438. The molecule has 0 atom stereocenters. The summed E-state index contributed by atoms with van der Waals surface area (Å²) in [6.07, 6.45) is 6.14. The summed E-state index contributed by atoms with van der Waals surface area (Å²) in [5.74, 6) is 2.67. The van der Waals surface area contributed by atoms with Crippen molar-refractivity contribution in [2.75, 3.05) is 0 Å². The van der Waals surface area contributed by atoms with Crippen LogP contribution >= 0.6 is 0 Å². The van der Waals surface area contributed by atoms with Gasteiger partial charge in [0.25, 0.3) is 0 Å². The van der Waals surface area contributed by atoms with E-state index in [9.17, 15) is 0 Å². The maximum absolute atomic E-state index is 5.87. The molecule has 2 aromatic heterocycles. The van der Waals surface area contributed by atoms with Gasteiger partial charge in [0.15, 0.2) is 0 Å². The summed E-state index contributed by atoms with van der Waals surface area (Å²) in [6, 6.07) is 36.8. The van der Waals surface area contributed by atoms with Crippen LogP contribution in [0.15, 0.2) is 128 Å². The molecule has 0 amide bonds. The molecule has 0 saturated heterocycles. The van der Waals surface area contributed by atoms with Crippen molar-refractivity contribution in [3.05, 3.63) is 134 Å². The summed E-state index contributed by atoms with van der Waals surface area (Å²) in [5, 5.41) is 0. The molecular formula is C32H21N4O3. The van der Waals surface area contributed by atoms with Gasteiger partial charge in [-0.05, 0) is 65.7 Å². The Kier molecular flexibility index (Phi) is 6.86. The highest BCUT2D eigenvalue weighted by Crippen LogP contribution is 2.27. The Hall–Kier alpha value is -5.56. The second-order valence-corrected chi connectivity index (χ2v) is 8.38. The van der Waals surface area contributed by atoms with Crippen LogP contribution < -0.4 is 14.2 Å². The molecule has 187 valence electrons. The number of rotatable bonds is 8. The average Bonchev–Trinajstić information content (AvgIpc) is 3.00. The molecule has 6 rings (SSSR count). The smallest absolute Gasteiger partial charge is 0.322 e. The van der Waals surface area contributed by atoms with E-state index in [0.717, 1.165) is 16.9 Å². The van der Waals surface area contributed by atoms with Crippen LogP contribution in [0, 0.1) is 6.20 Å². The minimum absolute atomic E-state index is 0.166. The van der Waals surface area contributed by atoms with Crippen molar-refractivity contribution in [2.45, 2.75) is 0 Å². The van der Waals surface area contributed by atoms with Gasteiger partial charge in [-0.3, -0.25) is 0 Å². The third kappa shape index (κ3) is 6.06. The highest BCUT2D eigenvalue weighted by Gasteiger charge is 2.09. The van der Waals surface area contributed by atoms with Crippen molar-refractivity contribution in [1.29, 1.82) is 0 Å². The third-order valence-corrected chi connectivity index (χ3v) is 5.67. The van der Waals surface area contributed by atoms with Gasteiger partial charge < -0.3 is 14.2 Å². The second kappa shape index (κ2) is 11.2. The van der Waals surface area contributed by atoms with Crippen LogP contribution in [-0.4, -0.2) is 19.9 Å². The van der Waals surface area contributed by atoms with Crippen molar-refractivity contribution in [2.24, 2.45) is 0 Å².